The van der Waals surface area contributed by atoms with E-state index < -0.39 is 0 Å². The summed E-state index contributed by atoms with van der Waals surface area (Å²) >= 11 is 0. The Morgan fingerprint density at radius 3 is 2.55 bits per heavy atom. The molecule has 3 aromatic rings. The molecule has 112 valence electrons. The molecule has 1 aromatic heterocycles. The highest BCUT2D eigenvalue weighted by molar-refractivity contribution is 5.78. The van der Waals surface area contributed by atoms with Crippen LogP contribution in [0.15, 0.2) is 36.4 Å². The van der Waals surface area contributed by atoms with Gasteiger partial charge in [-0.05, 0) is 44.0 Å². The molecule has 22 heavy (non-hydrogen) atoms. The summed E-state index contributed by atoms with van der Waals surface area (Å²) in [4.78, 5) is 12.2. The molecule has 0 N–H and O–H groups in total. The number of esters is 1. The predicted molar refractivity (Wildman–Crippen MR) is 83.8 cm³/mol. The fraction of sp³-hybridized carbons (Fsp3) is 0.235. The summed E-state index contributed by atoms with van der Waals surface area (Å²) in [5, 5.41) is 8.03. The van der Waals surface area contributed by atoms with Gasteiger partial charge in [-0.1, -0.05) is 35.0 Å². The minimum absolute atomic E-state index is 0.0350. The van der Waals surface area contributed by atoms with Crippen LogP contribution in [0.2, 0.25) is 0 Å². The largest absolute Gasteiger partial charge is 0.425 e. The first-order valence-electron chi connectivity index (χ1n) is 7.11. The lowest BCUT2D eigenvalue weighted by Crippen LogP contribution is -2.18. The lowest BCUT2D eigenvalue weighted by atomic mass is 10.1. The Morgan fingerprint density at radius 2 is 1.82 bits per heavy atom. The fourth-order valence-electron chi connectivity index (χ4n) is 2.63. The van der Waals surface area contributed by atoms with Crippen molar-refractivity contribution >= 4 is 17.0 Å². The molecule has 0 radical (unpaired) electrons. The molecular weight excluding hydrogens is 278 g/mol. The van der Waals surface area contributed by atoms with Crippen molar-refractivity contribution in [2.45, 2.75) is 27.3 Å². The number of rotatable bonds is 3. The molecule has 3 rings (SSSR count). The fourth-order valence-corrected chi connectivity index (χ4v) is 2.63. The summed E-state index contributed by atoms with van der Waals surface area (Å²) in [6.07, 6.45) is 0. The molecule has 1 heterocycles. The second-order valence-electron chi connectivity index (χ2n) is 5.44. The van der Waals surface area contributed by atoms with Crippen LogP contribution in [0.25, 0.3) is 11.0 Å². The van der Waals surface area contributed by atoms with Gasteiger partial charge >= 0.3 is 5.97 Å². The van der Waals surface area contributed by atoms with Crippen molar-refractivity contribution in [1.29, 1.82) is 0 Å². The third-order valence-electron chi connectivity index (χ3n) is 3.52. The lowest BCUT2D eigenvalue weighted by Gasteiger charge is -2.11. The van der Waals surface area contributed by atoms with Crippen molar-refractivity contribution in [3.8, 4) is 5.75 Å². The second-order valence-corrected chi connectivity index (χ2v) is 5.44. The van der Waals surface area contributed by atoms with Crippen LogP contribution >= 0.6 is 0 Å². The van der Waals surface area contributed by atoms with E-state index in [1.54, 1.807) is 4.68 Å². The van der Waals surface area contributed by atoms with E-state index in [0.29, 0.717) is 5.75 Å². The van der Waals surface area contributed by atoms with Gasteiger partial charge in [-0.15, -0.1) is 5.10 Å². The Balaban J connectivity index is 1.81. The summed E-state index contributed by atoms with van der Waals surface area (Å²) < 4.78 is 7.08. The predicted octanol–water partition coefficient (Wildman–Crippen LogP) is 2.96. The molecule has 2 aromatic carbocycles. The Kier molecular flexibility index (Phi) is 3.63. The van der Waals surface area contributed by atoms with Crippen molar-refractivity contribution in [3.05, 3.63) is 53.1 Å². The SMILES string of the molecule is Cc1cc(C)c(OC(=O)Cn2nnc3ccccc32)c(C)c1. The summed E-state index contributed by atoms with van der Waals surface area (Å²) in [7, 11) is 0. The number of hydrogen-bond acceptors (Lipinski definition) is 4. The molecule has 0 aliphatic carbocycles. The van der Waals surface area contributed by atoms with Gasteiger partial charge in [0.15, 0.2) is 0 Å². The molecule has 0 amide bonds. The smallest absolute Gasteiger partial charge is 0.333 e. The van der Waals surface area contributed by atoms with Crippen LogP contribution in [-0.2, 0) is 11.3 Å². The molecule has 0 fully saturated rings. The molecule has 0 saturated heterocycles. The van der Waals surface area contributed by atoms with E-state index in [1.807, 2.05) is 57.2 Å². The van der Waals surface area contributed by atoms with Crippen LogP contribution in [0.4, 0.5) is 0 Å². The van der Waals surface area contributed by atoms with Crippen LogP contribution in [0.3, 0.4) is 0 Å². The number of carbonyl (C=O) groups is 1. The van der Waals surface area contributed by atoms with E-state index in [2.05, 4.69) is 10.3 Å². The zero-order chi connectivity index (χ0) is 15.7. The standard InChI is InChI=1S/C17H17N3O2/c1-11-8-12(2)17(13(3)9-11)22-16(21)10-20-15-7-5-4-6-14(15)18-19-20/h4-9H,10H2,1-3H3. The van der Waals surface area contributed by atoms with Gasteiger partial charge in [0.1, 0.15) is 17.8 Å². The Bertz CT molecular complexity index is 829. The summed E-state index contributed by atoms with van der Waals surface area (Å²) in [6, 6.07) is 11.5. The summed E-state index contributed by atoms with van der Waals surface area (Å²) in [5.74, 6) is 0.269. The van der Waals surface area contributed by atoms with Crippen LogP contribution < -0.4 is 4.74 Å². The lowest BCUT2D eigenvalue weighted by molar-refractivity contribution is -0.135. The van der Waals surface area contributed by atoms with E-state index in [0.717, 1.165) is 27.7 Å². The van der Waals surface area contributed by atoms with Gasteiger partial charge in [-0.3, -0.25) is 0 Å². The maximum Gasteiger partial charge on any atom is 0.333 e. The van der Waals surface area contributed by atoms with Gasteiger partial charge in [0.05, 0.1) is 5.52 Å². The average Bonchev–Trinajstić information content (AvgIpc) is 2.86. The van der Waals surface area contributed by atoms with Gasteiger partial charge in [0, 0.05) is 0 Å². The van der Waals surface area contributed by atoms with E-state index in [1.165, 1.54) is 0 Å². The molecule has 0 atom stereocenters. The number of para-hydroxylation sites is 1. The van der Waals surface area contributed by atoms with Gasteiger partial charge in [0.25, 0.3) is 0 Å². The van der Waals surface area contributed by atoms with Gasteiger partial charge in [-0.25, -0.2) is 9.48 Å². The topological polar surface area (TPSA) is 57.0 Å². The van der Waals surface area contributed by atoms with Crippen molar-refractivity contribution in [3.63, 3.8) is 0 Å². The maximum atomic E-state index is 12.2. The number of aromatic nitrogens is 3. The minimum atomic E-state index is -0.356. The Labute approximate surface area is 128 Å². The van der Waals surface area contributed by atoms with Crippen molar-refractivity contribution in [1.82, 2.24) is 15.0 Å². The van der Waals surface area contributed by atoms with Gasteiger partial charge in [0.2, 0.25) is 0 Å². The van der Waals surface area contributed by atoms with E-state index in [9.17, 15) is 4.79 Å². The highest BCUT2D eigenvalue weighted by Crippen LogP contribution is 2.24. The molecule has 5 heteroatoms. The first-order chi connectivity index (χ1) is 10.5. The monoisotopic (exact) mass is 295 g/mol. The zero-order valence-electron chi connectivity index (χ0n) is 12.8. The number of hydrogen-bond donors (Lipinski definition) is 0. The highest BCUT2D eigenvalue weighted by Gasteiger charge is 2.13. The van der Waals surface area contributed by atoms with Crippen molar-refractivity contribution in [2.24, 2.45) is 0 Å². The third kappa shape index (κ3) is 2.70. The highest BCUT2D eigenvalue weighted by atomic mass is 16.5. The van der Waals surface area contributed by atoms with Crippen LogP contribution in [0.5, 0.6) is 5.75 Å². The first kappa shape index (κ1) is 14.3. The second kappa shape index (κ2) is 5.60. The first-order valence-corrected chi connectivity index (χ1v) is 7.11. The molecule has 0 bridgehead atoms. The third-order valence-corrected chi connectivity index (χ3v) is 3.52. The van der Waals surface area contributed by atoms with Crippen LogP contribution in [-0.4, -0.2) is 21.0 Å². The Hall–Kier alpha value is -2.69. The van der Waals surface area contributed by atoms with E-state index in [-0.39, 0.29) is 12.5 Å². The van der Waals surface area contributed by atoms with Crippen molar-refractivity contribution in [2.75, 3.05) is 0 Å². The number of benzene rings is 2. The maximum absolute atomic E-state index is 12.2. The van der Waals surface area contributed by atoms with E-state index in [4.69, 9.17) is 4.74 Å². The van der Waals surface area contributed by atoms with Crippen LogP contribution in [0.1, 0.15) is 16.7 Å². The van der Waals surface area contributed by atoms with Gasteiger partial charge in [-0.2, -0.15) is 0 Å². The number of carbonyl (C=O) groups excluding carboxylic acids is 1. The van der Waals surface area contributed by atoms with Crippen LogP contribution in [0, 0.1) is 20.8 Å². The quantitative estimate of drug-likeness (QED) is 0.550. The van der Waals surface area contributed by atoms with E-state index >= 15 is 0 Å². The summed E-state index contributed by atoms with van der Waals surface area (Å²) in [6.45, 7) is 5.93. The molecule has 0 aliphatic heterocycles. The molecular formula is C17H17N3O2. The van der Waals surface area contributed by atoms with Crippen molar-refractivity contribution < 1.29 is 9.53 Å². The number of ether oxygens (including phenoxy) is 1. The number of nitrogens with zero attached hydrogens (tertiary/aromatic N) is 3. The minimum Gasteiger partial charge on any atom is -0.425 e. The molecule has 0 unspecified atom stereocenters. The summed E-state index contributed by atoms with van der Waals surface area (Å²) in [5.41, 5.74) is 4.63. The number of aryl methyl sites for hydroxylation is 3. The molecule has 0 aliphatic rings. The molecule has 0 spiro atoms. The average molecular weight is 295 g/mol. The Morgan fingerprint density at radius 1 is 1.14 bits per heavy atom. The zero-order valence-corrected chi connectivity index (χ0v) is 12.8. The number of fused-ring (bicyclic) bond motifs is 1. The molecule has 5 nitrogen and oxygen atoms in total. The molecule has 0 saturated carbocycles. The van der Waals surface area contributed by atoms with Gasteiger partial charge < -0.3 is 4.74 Å². The normalized spacial score (nSPS) is 10.9.